The van der Waals surface area contributed by atoms with Crippen LogP contribution in [0.3, 0.4) is 0 Å². The lowest BCUT2D eigenvalue weighted by Gasteiger charge is -2.28. The van der Waals surface area contributed by atoms with E-state index in [0.29, 0.717) is 24.3 Å². The molecule has 2 fully saturated rings. The van der Waals surface area contributed by atoms with Gasteiger partial charge in [-0.15, -0.1) is 0 Å². The molecule has 13 heteroatoms. The van der Waals surface area contributed by atoms with Crippen molar-refractivity contribution >= 4 is 53.6 Å². The monoisotopic (exact) mass is 855 g/mol. The number of amides is 5. The molecule has 0 saturated carbocycles. The van der Waals surface area contributed by atoms with Gasteiger partial charge in [0.25, 0.3) is 0 Å². The number of benzene rings is 4. The molecule has 0 aromatic heterocycles. The molecule has 5 amide bonds. The molecule has 4 atom stereocenters. The molecule has 0 spiro atoms. The zero-order chi connectivity index (χ0) is 45.1. The SMILES string of the molecule is C[C@H]1C[C@@H](C(=O)Nc2ccc(/C=C/c3ccc(NC(=O)[C@@H]4C[C@H](NC(=O)OCC5c6ccccc6-c6ccccc65)CN4C(=O)OC(C)(C)C)cc3)cc2)N(C(=O)OC(C)(C)C)C1. The highest BCUT2D eigenvalue weighted by Gasteiger charge is 2.43. The van der Waals surface area contributed by atoms with E-state index >= 15 is 0 Å². The average Bonchev–Trinajstić information content (AvgIpc) is 3.93. The second-order valence-electron chi connectivity index (χ2n) is 18.6. The average molecular weight is 856 g/mol. The minimum absolute atomic E-state index is 0.0702. The quantitative estimate of drug-likeness (QED) is 0.111. The summed E-state index contributed by atoms with van der Waals surface area (Å²) in [5, 5.41) is 8.76. The summed E-state index contributed by atoms with van der Waals surface area (Å²) in [5.74, 6) is -0.593. The largest absolute Gasteiger partial charge is 0.449 e. The predicted octanol–water partition coefficient (Wildman–Crippen LogP) is 9.30. The molecule has 7 rings (SSSR count). The Morgan fingerprint density at radius 3 is 1.54 bits per heavy atom. The fourth-order valence-electron chi connectivity index (χ4n) is 8.33. The molecule has 13 nitrogen and oxygen atoms in total. The molecule has 1 aliphatic carbocycles. The van der Waals surface area contributed by atoms with Crippen molar-refractivity contribution in [2.45, 2.75) is 96.6 Å². The van der Waals surface area contributed by atoms with Crippen LogP contribution in [-0.4, -0.2) is 88.9 Å². The first-order valence-electron chi connectivity index (χ1n) is 21.5. The van der Waals surface area contributed by atoms with Crippen LogP contribution in [-0.2, 0) is 23.8 Å². The maximum Gasteiger partial charge on any atom is 0.411 e. The van der Waals surface area contributed by atoms with Crippen LogP contribution in [0.25, 0.3) is 23.3 Å². The number of hydrogen-bond donors (Lipinski definition) is 3. The number of rotatable bonds is 9. The van der Waals surface area contributed by atoms with E-state index in [0.717, 1.165) is 33.4 Å². The Kier molecular flexibility index (Phi) is 13.0. The van der Waals surface area contributed by atoms with Gasteiger partial charge in [-0.05, 0) is 118 Å². The van der Waals surface area contributed by atoms with Crippen LogP contribution in [0.15, 0.2) is 97.1 Å². The van der Waals surface area contributed by atoms with Gasteiger partial charge in [0.05, 0.1) is 6.04 Å². The molecule has 330 valence electrons. The van der Waals surface area contributed by atoms with Crippen LogP contribution in [0.5, 0.6) is 0 Å². The van der Waals surface area contributed by atoms with Gasteiger partial charge in [0.15, 0.2) is 0 Å². The molecule has 2 aliphatic heterocycles. The zero-order valence-electron chi connectivity index (χ0n) is 37.0. The summed E-state index contributed by atoms with van der Waals surface area (Å²) in [6.45, 7) is 13.4. The molecule has 4 aromatic rings. The maximum atomic E-state index is 13.8. The molecule has 0 unspecified atom stereocenters. The maximum absolute atomic E-state index is 13.8. The van der Waals surface area contributed by atoms with E-state index in [2.05, 4.69) is 40.2 Å². The third-order valence-electron chi connectivity index (χ3n) is 11.2. The van der Waals surface area contributed by atoms with Gasteiger partial charge in [0, 0.05) is 30.4 Å². The summed E-state index contributed by atoms with van der Waals surface area (Å²) in [4.78, 5) is 69.2. The Hall–Kier alpha value is -6.63. The van der Waals surface area contributed by atoms with E-state index in [1.807, 2.05) is 79.7 Å². The standard InChI is InChI=1S/C50H57N5O8/c1-31-26-42(54(28-31)47(59)62-49(2,3)4)44(56)51-34-22-18-32(19-23-34)16-17-33-20-24-35(25-21-33)52-45(57)43-27-36(29-55(43)48(60)63-50(5,6)7)53-46(58)61-30-41-39-14-10-8-12-37(39)38-13-9-11-15-40(38)41/h8-25,31,36,41-43H,26-30H2,1-7H3,(H,51,56)(H,52,57)(H,53,58)/b17-16+/t31-,36-,42-,43-/m0/s1. The lowest BCUT2D eigenvalue weighted by atomic mass is 9.98. The smallest absolute Gasteiger partial charge is 0.411 e. The highest BCUT2D eigenvalue weighted by molar-refractivity contribution is 5.98. The van der Waals surface area contributed by atoms with Gasteiger partial charge in [-0.25, -0.2) is 14.4 Å². The van der Waals surface area contributed by atoms with E-state index in [1.165, 1.54) is 9.80 Å². The summed E-state index contributed by atoms with van der Waals surface area (Å²) in [6.07, 6.45) is 2.83. The normalized spacial score (nSPS) is 19.6. The van der Waals surface area contributed by atoms with Crippen molar-refractivity contribution in [1.82, 2.24) is 15.1 Å². The molecule has 3 aliphatic rings. The Morgan fingerprint density at radius 1 is 0.619 bits per heavy atom. The Bertz CT molecular complexity index is 2320. The fraction of sp³-hybridized carbons (Fsp3) is 0.380. The molecular weight excluding hydrogens is 799 g/mol. The molecule has 2 heterocycles. The summed E-state index contributed by atoms with van der Waals surface area (Å²) in [6, 6.07) is 28.8. The molecule has 0 radical (unpaired) electrons. The van der Waals surface area contributed by atoms with Crippen molar-refractivity contribution < 1.29 is 38.2 Å². The highest BCUT2D eigenvalue weighted by atomic mass is 16.6. The molecule has 63 heavy (non-hydrogen) atoms. The van der Waals surface area contributed by atoms with Gasteiger partial charge in [0.2, 0.25) is 11.8 Å². The van der Waals surface area contributed by atoms with Crippen LogP contribution in [0, 0.1) is 5.92 Å². The third kappa shape index (κ3) is 11.1. The number of hydrogen-bond acceptors (Lipinski definition) is 8. The van der Waals surface area contributed by atoms with E-state index in [4.69, 9.17) is 14.2 Å². The van der Waals surface area contributed by atoms with Crippen molar-refractivity contribution in [2.75, 3.05) is 30.3 Å². The minimum Gasteiger partial charge on any atom is -0.449 e. The highest BCUT2D eigenvalue weighted by Crippen LogP contribution is 2.44. The third-order valence-corrected chi connectivity index (χ3v) is 11.2. The summed E-state index contributed by atoms with van der Waals surface area (Å²) < 4.78 is 17.0. The van der Waals surface area contributed by atoms with Crippen LogP contribution >= 0.6 is 0 Å². The molecule has 3 N–H and O–H groups in total. The molecular formula is C50H57N5O8. The summed E-state index contributed by atoms with van der Waals surface area (Å²) in [7, 11) is 0. The number of ether oxygens (including phenoxy) is 3. The first-order valence-corrected chi connectivity index (χ1v) is 21.5. The number of fused-ring (bicyclic) bond motifs is 3. The predicted molar refractivity (Wildman–Crippen MR) is 243 cm³/mol. The minimum atomic E-state index is -0.906. The number of likely N-dealkylation sites (tertiary alicyclic amines) is 2. The number of carbonyl (C=O) groups excluding carboxylic acids is 5. The summed E-state index contributed by atoms with van der Waals surface area (Å²) >= 11 is 0. The van der Waals surface area contributed by atoms with Gasteiger partial charge in [-0.3, -0.25) is 19.4 Å². The second-order valence-corrected chi connectivity index (χ2v) is 18.6. The first-order chi connectivity index (χ1) is 29.9. The number of carbonyl (C=O) groups is 5. The summed E-state index contributed by atoms with van der Waals surface area (Å²) in [5.41, 5.74) is 5.95. The molecule has 0 bridgehead atoms. The number of anilines is 2. The Balaban J connectivity index is 0.928. The van der Waals surface area contributed by atoms with Crippen molar-refractivity contribution in [2.24, 2.45) is 5.92 Å². The zero-order valence-corrected chi connectivity index (χ0v) is 37.0. The Morgan fingerprint density at radius 2 is 1.06 bits per heavy atom. The van der Waals surface area contributed by atoms with Crippen molar-refractivity contribution in [3.63, 3.8) is 0 Å². The Labute approximate surface area is 369 Å². The van der Waals surface area contributed by atoms with Crippen molar-refractivity contribution in [3.05, 3.63) is 119 Å². The molecule has 4 aromatic carbocycles. The lowest BCUT2D eigenvalue weighted by molar-refractivity contribution is -0.121. The van der Waals surface area contributed by atoms with Crippen LogP contribution in [0.4, 0.5) is 25.8 Å². The van der Waals surface area contributed by atoms with E-state index in [1.54, 1.807) is 53.7 Å². The number of alkyl carbamates (subject to hydrolysis) is 1. The van der Waals surface area contributed by atoms with Crippen LogP contribution in [0.1, 0.15) is 89.5 Å². The van der Waals surface area contributed by atoms with E-state index in [9.17, 15) is 24.0 Å². The van der Waals surface area contributed by atoms with Crippen molar-refractivity contribution in [1.29, 1.82) is 0 Å². The lowest BCUT2D eigenvalue weighted by Crippen LogP contribution is -2.45. The van der Waals surface area contributed by atoms with Gasteiger partial charge >= 0.3 is 18.3 Å². The van der Waals surface area contributed by atoms with E-state index in [-0.39, 0.29) is 37.3 Å². The molecule has 2 saturated heterocycles. The second kappa shape index (κ2) is 18.4. The fourth-order valence-corrected chi connectivity index (χ4v) is 8.33. The topological polar surface area (TPSA) is 156 Å². The van der Waals surface area contributed by atoms with Gasteiger partial charge < -0.3 is 30.2 Å². The first kappa shape index (κ1) is 44.4. The van der Waals surface area contributed by atoms with Gasteiger partial charge in [-0.1, -0.05) is 91.9 Å². The van der Waals surface area contributed by atoms with Crippen molar-refractivity contribution in [3.8, 4) is 11.1 Å². The number of nitrogens with one attached hydrogen (secondary N) is 3. The van der Waals surface area contributed by atoms with E-state index < -0.39 is 53.5 Å². The van der Waals surface area contributed by atoms with Crippen LogP contribution in [0.2, 0.25) is 0 Å². The van der Waals surface area contributed by atoms with Gasteiger partial charge in [0.1, 0.15) is 29.9 Å². The van der Waals surface area contributed by atoms with Crippen LogP contribution < -0.4 is 16.0 Å². The van der Waals surface area contributed by atoms with Gasteiger partial charge in [-0.2, -0.15) is 0 Å². The number of nitrogens with zero attached hydrogens (tertiary/aromatic N) is 2.